The van der Waals surface area contributed by atoms with Crippen LogP contribution in [0.4, 0.5) is 24.5 Å². The molecule has 1 N–H and O–H groups in total. The van der Waals surface area contributed by atoms with Gasteiger partial charge >= 0.3 is 6.36 Å². The molecule has 2 aliphatic heterocycles. The van der Waals surface area contributed by atoms with Crippen molar-refractivity contribution in [3.63, 3.8) is 0 Å². The molecule has 1 amide bonds. The summed E-state index contributed by atoms with van der Waals surface area (Å²) in [6.07, 6.45) is -2.38. The minimum absolute atomic E-state index is 0.183. The quantitative estimate of drug-likeness (QED) is 0.828. The standard InChI is InChI=1S/C22H22F3N3O2/c1-15-5-4-12-27(13-15)14-28-19-7-3-2-6-18(19)20(21(28)29)26-16-8-10-17(11-9-16)30-22(23,24)25/h2-3,6-11,15H,4-5,12-14H2,1H3/p+1/t15-/m1/s1. The molecule has 2 heterocycles. The van der Waals surface area contributed by atoms with E-state index in [-0.39, 0.29) is 11.7 Å². The van der Waals surface area contributed by atoms with E-state index in [1.54, 1.807) is 4.90 Å². The van der Waals surface area contributed by atoms with Crippen molar-refractivity contribution in [3.05, 3.63) is 54.1 Å². The van der Waals surface area contributed by atoms with Crippen molar-refractivity contribution in [1.29, 1.82) is 0 Å². The normalized spacial score (nSPS) is 23.0. The molecule has 4 rings (SSSR count). The Kier molecular flexibility index (Phi) is 5.51. The first-order valence-electron chi connectivity index (χ1n) is 9.99. The van der Waals surface area contributed by atoms with Gasteiger partial charge in [0.05, 0.1) is 24.5 Å². The molecule has 0 spiro atoms. The van der Waals surface area contributed by atoms with Crippen LogP contribution in [0, 0.1) is 5.92 Å². The number of nitrogens with one attached hydrogen (secondary N) is 1. The summed E-state index contributed by atoms with van der Waals surface area (Å²) in [6, 6.07) is 12.7. The molecule has 158 valence electrons. The van der Waals surface area contributed by atoms with Gasteiger partial charge in [-0.25, -0.2) is 4.99 Å². The summed E-state index contributed by atoms with van der Waals surface area (Å²) >= 11 is 0. The zero-order valence-corrected chi connectivity index (χ0v) is 16.6. The number of alkyl halides is 3. The van der Waals surface area contributed by atoms with E-state index >= 15 is 0 Å². The Hall–Kier alpha value is -2.87. The van der Waals surface area contributed by atoms with Gasteiger partial charge in [0.1, 0.15) is 11.5 Å². The molecule has 0 bridgehead atoms. The van der Waals surface area contributed by atoms with Gasteiger partial charge in [-0.05, 0) is 43.2 Å². The second-order valence-corrected chi connectivity index (χ2v) is 7.86. The van der Waals surface area contributed by atoms with Crippen LogP contribution in [0.15, 0.2) is 53.5 Å². The summed E-state index contributed by atoms with van der Waals surface area (Å²) in [5, 5.41) is 0. The average Bonchev–Trinajstić information content (AvgIpc) is 2.94. The van der Waals surface area contributed by atoms with Crippen LogP contribution in [-0.4, -0.2) is 37.7 Å². The number of rotatable bonds is 4. The van der Waals surface area contributed by atoms with Gasteiger partial charge in [0.25, 0.3) is 5.91 Å². The third kappa shape index (κ3) is 4.48. The fraction of sp³-hybridized carbons (Fsp3) is 0.364. The number of nitrogens with zero attached hydrogens (tertiary/aromatic N) is 2. The van der Waals surface area contributed by atoms with Crippen molar-refractivity contribution in [3.8, 4) is 5.75 Å². The van der Waals surface area contributed by atoms with E-state index in [9.17, 15) is 18.0 Å². The zero-order chi connectivity index (χ0) is 21.3. The number of hydrogen-bond acceptors (Lipinski definition) is 3. The molecule has 2 aromatic carbocycles. The van der Waals surface area contributed by atoms with Crippen molar-refractivity contribution < 1.29 is 27.6 Å². The second kappa shape index (κ2) is 8.10. The highest BCUT2D eigenvalue weighted by Gasteiger charge is 2.36. The van der Waals surface area contributed by atoms with Crippen molar-refractivity contribution in [2.24, 2.45) is 10.9 Å². The predicted molar refractivity (Wildman–Crippen MR) is 107 cm³/mol. The van der Waals surface area contributed by atoms with Gasteiger partial charge in [-0.1, -0.05) is 25.1 Å². The number of aliphatic imine (C=N–C) groups is 1. The Bertz CT molecular complexity index is 957. The van der Waals surface area contributed by atoms with E-state index in [4.69, 9.17) is 0 Å². The van der Waals surface area contributed by atoms with Gasteiger partial charge in [-0.3, -0.25) is 9.69 Å². The number of halogens is 3. The molecule has 8 heteroatoms. The van der Waals surface area contributed by atoms with Crippen molar-refractivity contribution in [1.82, 2.24) is 0 Å². The molecular weight excluding hydrogens is 395 g/mol. The SMILES string of the molecule is C[C@@H]1CCC[NH+](CN2C(=O)C(=Nc3ccc(OC(F)(F)F)cc3)c3ccccc32)C1. The number of anilines is 1. The molecule has 5 nitrogen and oxygen atoms in total. The van der Waals surface area contributed by atoms with Crippen LogP contribution in [0.5, 0.6) is 5.75 Å². The Morgan fingerprint density at radius 3 is 2.60 bits per heavy atom. The zero-order valence-electron chi connectivity index (χ0n) is 16.6. The molecule has 2 aromatic rings. The number of carbonyl (C=O) groups is 1. The van der Waals surface area contributed by atoms with E-state index in [0.29, 0.717) is 24.0 Å². The smallest absolute Gasteiger partial charge is 0.406 e. The molecule has 0 saturated carbocycles. The number of carbonyl (C=O) groups excluding carboxylic acids is 1. The molecule has 2 atom stereocenters. The lowest BCUT2D eigenvalue weighted by Crippen LogP contribution is -3.15. The Balaban J connectivity index is 1.58. The van der Waals surface area contributed by atoms with Crippen molar-refractivity contribution in [2.75, 3.05) is 24.7 Å². The van der Waals surface area contributed by atoms with Crippen LogP contribution in [-0.2, 0) is 4.79 Å². The van der Waals surface area contributed by atoms with Crippen LogP contribution in [0.25, 0.3) is 0 Å². The molecule has 1 unspecified atom stereocenters. The number of likely N-dealkylation sites (tertiary alicyclic amines) is 1. The van der Waals surface area contributed by atoms with Crippen LogP contribution in [0.2, 0.25) is 0 Å². The Morgan fingerprint density at radius 1 is 1.17 bits per heavy atom. The highest BCUT2D eigenvalue weighted by molar-refractivity contribution is 6.54. The number of para-hydroxylation sites is 1. The Morgan fingerprint density at radius 2 is 1.90 bits per heavy atom. The van der Waals surface area contributed by atoms with Gasteiger partial charge in [0.15, 0.2) is 6.67 Å². The monoisotopic (exact) mass is 418 g/mol. The first-order valence-corrected chi connectivity index (χ1v) is 9.99. The van der Waals surface area contributed by atoms with Gasteiger partial charge in [0.2, 0.25) is 0 Å². The number of hydrogen-bond donors (Lipinski definition) is 1. The van der Waals surface area contributed by atoms with Crippen LogP contribution in [0.3, 0.4) is 0 Å². The van der Waals surface area contributed by atoms with Crippen molar-refractivity contribution >= 4 is 23.0 Å². The fourth-order valence-electron chi connectivity index (χ4n) is 4.14. The van der Waals surface area contributed by atoms with Crippen molar-refractivity contribution in [2.45, 2.75) is 26.1 Å². The molecule has 0 aromatic heterocycles. The Labute approximate surface area is 172 Å². The van der Waals surface area contributed by atoms with E-state index in [2.05, 4.69) is 16.7 Å². The lowest BCUT2D eigenvalue weighted by atomic mass is 10.0. The maximum atomic E-state index is 13.2. The summed E-state index contributed by atoms with van der Waals surface area (Å²) in [7, 11) is 0. The summed E-state index contributed by atoms with van der Waals surface area (Å²) in [5.41, 5.74) is 2.26. The van der Waals surface area contributed by atoms with Crippen LogP contribution < -0.4 is 14.5 Å². The molecule has 1 saturated heterocycles. The van der Waals surface area contributed by atoms with Gasteiger partial charge < -0.3 is 9.64 Å². The summed E-state index contributed by atoms with van der Waals surface area (Å²) in [4.78, 5) is 20.8. The minimum atomic E-state index is -4.75. The van der Waals surface area contributed by atoms with Gasteiger partial charge in [-0.2, -0.15) is 0 Å². The molecule has 1 fully saturated rings. The molecule has 0 aliphatic carbocycles. The first-order chi connectivity index (χ1) is 14.3. The number of piperidine rings is 1. The summed E-state index contributed by atoms with van der Waals surface area (Å²) in [6.45, 7) is 4.87. The largest absolute Gasteiger partial charge is 0.573 e. The first kappa shape index (κ1) is 20.4. The van der Waals surface area contributed by atoms with E-state index in [1.807, 2.05) is 24.3 Å². The molecule has 2 aliphatic rings. The molecular formula is C22H23F3N3O2+. The van der Waals surface area contributed by atoms with Gasteiger partial charge in [0, 0.05) is 11.5 Å². The predicted octanol–water partition coefficient (Wildman–Crippen LogP) is 3.32. The van der Waals surface area contributed by atoms with Crippen LogP contribution >= 0.6 is 0 Å². The summed E-state index contributed by atoms with van der Waals surface area (Å²) < 4.78 is 40.9. The van der Waals surface area contributed by atoms with E-state index in [0.717, 1.165) is 30.8 Å². The lowest BCUT2D eigenvalue weighted by Gasteiger charge is -2.31. The number of quaternary nitrogens is 1. The fourth-order valence-corrected chi connectivity index (χ4v) is 4.14. The van der Waals surface area contributed by atoms with Gasteiger partial charge in [-0.15, -0.1) is 13.2 Å². The highest BCUT2D eigenvalue weighted by atomic mass is 19.4. The number of fused-ring (bicyclic) bond motifs is 1. The molecule has 0 radical (unpaired) electrons. The topological polar surface area (TPSA) is 46.3 Å². The average molecular weight is 418 g/mol. The maximum Gasteiger partial charge on any atom is 0.573 e. The third-order valence-electron chi connectivity index (χ3n) is 5.46. The third-order valence-corrected chi connectivity index (χ3v) is 5.46. The second-order valence-electron chi connectivity index (χ2n) is 7.86. The minimum Gasteiger partial charge on any atom is -0.406 e. The molecule has 30 heavy (non-hydrogen) atoms. The van der Waals surface area contributed by atoms with Crippen LogP contribution in [0.1, 0.15) is 25.3 Å². The summed E-state index contributed by atoms with van der Waals surface area (Å²) in [5.74, 6) is 0.124. The highest BCUT2D eigenvalue weighted by Crippen LogP contribution is 2.31. The lowest BCUT2D eigenvalue weighted by molar-refractivity contribution is -0.907. The van der Waals surface area contributed by atoms with E-state index in [1.165, 1.54) is 35.6 Å². The number of ether oxygens (including phenoxy) is 1. The van der Waals surface area contributed by atoms with E-state index < -0.39 is 6.36 Å². The number of amides is 1. The maximum absolute atomic E-state index is 13.2. The number of benzene rings is 2.